The molecule has 0 bridgehead atoms. The number of nitrogens with one attached hydrogen (secondary N) is 1. The highest BCUT2D eigenvalue weighted by Crippen LogP contribution is 2.27. The molecule has 3 aromatic rings. The molecule has 3 N–H and O–H groups in total. The van der Waals surface area contributed by atoms with E-state index in [4.69, 9.17) is 21.8 Å². The Hall–Kier alpha value is -2.18. The SMILES string of the molecule is Nc1cc(Cl)ccc1NS(=O)(=O)c1cc2ccccc2o1. The molecular weight excluding hydrogens is 312 g/mol. The first-order valence-corrected chi connectivity index (χ1v) is 7.88. The van der Waals surface area contributed by atoms with Gasteiger partial charge in [0.25, 0.3) is 10.0 Å². The van der Waals surface area contributed by atoms with Crippen molar-refractivity contribution >= 4 is 44.0 Å². The zero-order valence-electron chi connectivity index (χ0n) is 10.7. The molecule has 2 aromatic carbocycles. The molecule has 0 saturated carbocycles. The Morgan fingerprint density at radius 1 is 1.10 bits per heavy atom. The predicted molar refractivity (Wildman–Crippen MR) is 82.9 cm³/mol. The summed E-state index contributed by atoms with van der Waals surface area (Å²) in [5, 5.41) is 0.971. The normalized spacial score (nSPS) is 11.7. The second-order valence-electron chi connectivity index (χ2n) is 4.44. The van der Waals surface area contributed by atoms with Crippen molar-refractivity contribution in [1.29, 1.82) is 0 Å². The maximum atomic E-state index is 12.3. The molecule has 21 heavy (non-hydrogen) atoms. The molecule has 0 fully saturated rings. The zero-order chi connectivity index (χ0) is 15.0. The van der Waals surface area contributed by atoms with Crippen molar-refractivity contribution in [3.8, 4) is 0 Å². The third kappa shape index (κ3) is 2.68. The minimum absolute atomic E-state index is 0.168. The van der Waals surface area contributed by atoms with E-state index in [2.05, 4.69) is 4.72 Å². The minimum atomic E-state index is -3.85. The van der Waals surface area contributed by atoms with Crippen molar-refractivity contribution in [3.63, 3.8) is 0 Å². The van der Waals surface area contributed by atoms with Crippen molar-refractivity contribution in [2.24, 2.45) is 0 Å². The molecule has 0 saturated heterocycles. The fourth-order valence-electron chi connectivity index (χ4n) is 1.91. The zero-order valence-corrected chi connectivity index (χ0v) is 12.3. The van der Waals surface area contributed by atoms with Crippen LogP contribution in [0.25, 0.3) is 11.0 Å². The second-order valence-corrected chi connectivity index (χ2v) is 6.49. The van der Waals surface area contributed by atoms with E-state index >= 15 is 0 Å². The average molecular weight is 323 g/mol. The van der Waals surface area contributed by atoms with Gasteiger partial charge in [-0.1, -0.05) is 29.8 Å². The summed E-state index contributed by atoms with van der Waals surface area (Å²) in [6.07, 6.45) is 0. The van der Waals surface area contributed by atoms with Crippen molar-refractivity contribution in [2.45, 2.75) is 5.09 Å². The van der Waals surface area contributed by atoms with Gasteiger partial charge in [-0.3, -0.25) is 4.72 Å². The van der Waals surface area contributed by atoms with Gasteiger partial charge in [0.05, 0.1) is 11.4 Å². The summed E-state index contributed by atoms with van der Waals surface area (Å²) in [5.41, 5.74) is 6.73. The van der Waals surface area contributed by atoms with Crippen LogP contribution in [0.1, 0.15) is 0 Å². The molecular formula is C14H11ClN2O3S. The van der Waals surface area contributed by atoms with Crippen LogP contribution in [0.5, 0.6) is 0 Å². The first-order valence-electron chi connectivity index (χ1n) is 6.02. The van der Waals surface area contributed by atoms with E-state index in [1.807, 2.05) is 0 Å². The molecule has 1 heterocycles. The number of nitrogen functional groups attached to an aromatic ring is 1. The summed E-state index contributed by atoms with van der Waals surface area (Å²) in [4.78, 5) is 0. The maximum Gasteiger partial charge on any atom is 0.295 e. The molecule has 0 spiro atoms. The van der Waals surface area contributed by atoms with Crippen LogP contribution in [0.2, 0.25) is 5.02 Å². The molecule has 0 amide bonds. The molecule has 0 aliphatic carbocycles. The highest BCUT2D eigenvalue weighted by atomic mass is 35.5. The number of fused-ring (bicyclic) bond motifs is 1. The van der Waals surface area contributed by atoms with E-state index in [1.54, 1.807) is 30.3 Å². The molecule has 0 aliphatic rings. The molecule has 3 rings (SSSR count). The van der Waals surface area contributed by atoms with Gasteiger partial charge in [-0.25, -0.2) is 0 Å². The van der Waals surface area contributed by atoms with Crippen LogP contribution < -0.4 is 10.5 Å². The number of para-hydroxylation sites is 1. The minimum Gasteiger partial charge on any atom is -0.443 e. The Labute approximate surface area is 126 Å². The monoisotopic (exact) mass is 322 g/mol. The predicted octanol–water partition coefficient (Wildman–Crippen LogP) is 3.47. The van der Waals surface area contributed by atoms with E-state index in [-0.39, 0.29) is 16.5 Å². The van der Waals surface area contributed by atoms with Crippen LogP contribution in [0, 0.1) is 0 Å². The van der Waals surface area contributed by atoms with Gasteiger partial charge in [0, 0.05) is 16.5 Å². The van der Waals surface area contributed by atoms with Crippen molar-refractivity contribution in [2.75, 3.05) is 10.5 Å². The van der Waals surface area contributed by atoms with Crippen LogP contribution in [-0.4, -0.2) is 8.42 Å². The molecule has 0 unspecified atom stereocenters. The quantitative estimate of drug-likeness (QED) is 0.723. The number of benzene rings is 2. The molecule has 1 aromatic heterocycles. The summed E-state index contributed by atoms with van der Waals surface area (Å²) >= 11 is 5.78. The Balaban J connectivity index is 2.00. The number of halogens is 1. The number of nitrogens with two attached hydrogens (primary N) is 1. The Bertz CT molecular complexity index is 886. The van der Waals surface area contributed by atoms with Crippen molar-refractivity contribution in [3.05, 3.63) is 53.6 Å². The van der Waals surface area contributed by atoms with Gasteiger partial charge in [-0.2, -0.15) is 8.42 Å². The smallest absolute Gasteiger partial charge is 0.295 e. The van der Waals surface area contributed by atoms with E-state index in [1.165, 1.54) is 18.2 Å². The molecule has 0 radical (unpaired) electrons. The molecule has 5 nitrogen and oxygen atoms in total. The summed E-state index contributed by atoms with van der Waals surface area (Å²) in [5.74, 6) is 0. The first kappa shape index (κ1) is 13.8. The van der Waals surface area contributed by atoms with E-state index in [9.17, 15) is 8.42 Å². The van der Waals surface area contributed by atoms with Crippen LogP contribution in [0.15, 0.2) is 58.0 Å². The number of anilines is 2. The van der Waals surface area contributed by atoms with Crippen molar-refractivity contribution in [1.82, 2.24) is 0 Å². The van der Waals surface area contributed by atoms with Gasteiger partial charge in [-0.15, -0.1) is 0 Å². The fraction of sp³-hybridized carbons (Fsp3) is 0. The summed E-state index contributed by atoms with van der Waals surface area (Å²) in [7, 11) is -3.85. The van der Waals surface area contributed by atoms with E-state index in [0.29, 0.717) is 16.0 Å². The van der Waals surface area contributed by atoms with E-state index in [0.717, 1.165) is 0 Å². The fourth-order valence-corrected chi connectivity index (χ4v) is 3.15. The van der Waals surface area contributed by atoms with E-state index < -0.39 is 10.0 Å². The first-order chi connectivity index (χ1) is 9.95. The molecule has 0 atom stereocenters. The topological polar surface area (TPSA) is 85.3 Å². The van der Waals surface area contributed by atoms with Gasteiger partial charge in [0.1, 0.15) is 5.58 Å². The number of sulfonamides is 1. The van der Waals surface area contributed by atoms with Gasteiger partial charge in [-0.05, 0) is 24.3 Å². The number of hydrogen-bond donors (Lipinski definition) is 2. The third-order valence-electron chi connectivity index (χ3n) is 2.93. The lowest BCUT2D eigenvalue weighted by atomic mass is 10.3. The lowest BCUT2D eigenvalue weighted by Gasteiger charge is -2.08. The van der Waals surface area contributed by atoms with Crippen LogP contribution >= 0.6 is 11.6 Å². The Morgan fingerprint density at radius 3 is 2.57 bits per heavy atom. The standard InChI is InChI=1S/C14H11ClN2O3S/c15-10-5-6-12(11(16)8-10)17-21(18,19)14-7-9-3-1-2-4-13(9)20-14/h1-8,17H,16H2. The van der Waals surface area contributed by atoms with Crippen LogP contribution in [0.3, 0.4) is 0 Å². The summed E-state index contributed by atoms with van der Waals surface area (Å²) < 4.78 is 32.4. The maximum absolute atomic E-state index is 12.3. The van der Waals surface area contributed by atoms with Gasteiger partial charge < -0.3 is 10.2 Å². The van der Waals surface area contributed by atoms with Gasteiger partial charge in [0.15, 0.2) is 0 Å². The van der Waals surface area contributed by atoms with Gasteiger partial charge in [0.2, 0.25) is 5.09 Å². The van der Waals surface area contributed by atoms with Crippen LogP contribution in [-0.2, 0) is 10.0 Å². The molecule has 7 heteroatoms. The van der Waals surface area contributed by atoms with Crippen molar-refractivity contribution < 1.29 is 12.8 Å². The lowest BCUT2D eigenvalue weighted by molar-refractivity contribution is 0.484. The highest BCUT2D eigenvalue weighted by Gasteiger charge is 2.20. The lowest BCUT2D eigenvalue weighted by Crippen LogP contribution is -2.13. The summed E-state index contributed by atoms with van der Waals surface area (Å²) in [6.45, 7) is 0. The average Bonchev–Trinajstić information content (AvgIpc) is 2.87. The highest BCUT2D eigenvalue weighted by molar-refractivity contribution is 7.92. The molecule has 108 valence electrons. The second kappa shape index (κ2) is 4.98. The number of hydrogen-bond acceptors (Lipinski definition) is 4. The molecule has 0 aliphatic heterocycles. The summed E-state index contributed by atoms with van der Waals surface area (Å²) in [6, 6.07) is 13.0. The Morgan fingerprint density at radius 2 is 1.86 bits per heavy atom. The third-order valence-corrected chi connectivity index (χ3v) is 4.38. The number of rotatable bonds is 3. The Kier molecular flexibility index (Phi) is 3.27. The van der Waals surface area contributed by atoms with Crippen LogP contribution in [0.4, 0.5) is 11.4 Å². The number of furan rings is 1. The largest absolute Gasteiger partial charge is 0.443 e. The van der Waals surface area contributed by atoms with Gasteiger partial charge >= 0.3 is 0 Å².